The van der Waals surface area contributed by atoms with E-state index >= 15 is 0 Å². The van der Waals surface area contributed by atoms with E-state index in [4.69, 9.17) is 5.41 Å². The molecule has 0 spiro atoms. The lowest BCUT2D eigenvalue weighted by Gasteiger charge is -2.23. The van der Waals surface area contributed by atoms with Crippen LogP contribution in [0.15, 0.2) is 64.9 Å². The highest BCUT2D eigenvalue weighted by atomic mass is 19.4. The number of rotatable bonds is 8. The Hall–Kier alpha value is -3.46. The van der Waals surface area contributed by atoms with Gasteiger partial charge in [0.15, 0.2) is 5.78 Å². The third kappa shape index (κ3) is 5.91. The first-order chi connectivity index (χ1) is 16.1. The maximum Gasteiger partial charge on any atom is 0.419 e. The first-order valence-electron chi connectivity index (χ1n) is 10.8. The van der Waals surface area contributed by atoms with Crippen LogP contribution in [-0.4, -0.2) is 34.7 Å². The van der Waals surface area contributed by atoms with Gasteiger partial charge in [0, 0.05) is 29.0 Å². The normalized spacial score (nSPS) is 17.9. The lowest BCUT2D eigenvalue weighted by molar-refractivity contribution is -0.139. The monoisotopic (exact) mass is 474 g/mol. The predicted octanol–water partition coefficient (Wildman–Crippen LogP) is 4.15. The summed E-state index contributed by atoms with van der Waals surface area (Å²) in [7, 11) is 0. The quantitative estimate of drug-likeness (QED) is 0.335. The molecule has 1 amide bonds. The molecule has 0 saturated carbocycles. The van der Waals surface area contributed by atoms with E-state index < -0.39 is 23.4 Å². The number of nitrogens with one attached hydrogen (secondary N) is 2. The number of hydrogen-bond acceptors (Lipinski definition) is 5. The van der Waals surface area contributed by atoms with E-state index in [9.17, 15) is 33.0 Å². The minimum Gasteiger partial charge on any atom is -0.507 e. The zero-order valence-corrected chi connectivity index (χ0v) is 18.3. The van der Waals surface area contributed by atoms with E-state index in [1.165, 1.54) is 12.3 Å². The summed E-state index contributed by atoms with van der Waals surface area (Å²) in [6, 6.07) is 2.91. The summed E-state index contributed by atoms with van der Waals surface area (Å²) in [6.07, 6.45) is 4.90. The van der Waals surface area contributed by atoms with Crippen LogP contribution in [0, 0.1) is 11.3 Å². The van der Waals surface area contributed by atoms with Crippen molar-refractivity contribution in [3.8, 4) is 5.75 Å². The molecule has 0 fully saturated rings. The Bertz CT molecular complexity index is 1110. The minimum atomic E-state index is -4.74. The second-order valence-electron chi connectivity index (χ2n) is 8.17. The molecule has 1 aromatic rings. The van der Waals surface area contributed by atoms with Gasteiger partial charge >= 0.3 is 6.18 Å². The molecule has 6 nitrogen and oxygen atoms in total. The Balaban J connectivity index is 1.71. The molecule has 2 aliphatic rings. The second kappa shape index (κ2) is 10.6. The van der Waals surface area contributed by atoms with Crippen molar-refractivity contribution in [2.45, 2.75) is 38.3 Å². The number of carbonyl (C=O) groups excluding carboxylic acids is 2. The number of halogens is 3. The largest absolute Gasteiger partial charge is 0.507 e. The SMILES string of the molecule is N=CCC(CO)C/C=C1\C=CC2=C(CCC=C2NC(=O)Cc2ccc(O)c(C(F)(F)F)c2)C1=O. The molecule has 0 bridgehead atoms. The molecule has 1 atom stereocenters. The van der Waals surface area contributed by atoms with Gasteiger partial charge in [-0.3, -0.25) is 9.59 Å². The topological polar surface area (TPSA) is 110 Å². The van der Waals surface area contributed by atoms with Crippen molar-refractivity contribution in [3.63, 3.8) is 0 Å². The molecule has 0 aromatic heterocycles. The molecule has 1 aromatic carbocycles. The number of alkyl halides is 3. The summed E-state index contributed by atoms with van der Waals surface area (Å²) in [6.45, 7) is -0.0879. The zero-order chi connectivity index (χ0) is 24.9. The van der Waals surface area contributed by atoms with Crippen molar-refractivity contribution < 1.29 is 33.0 Å². The number of Topliss-reactive ketones (excluding diaryl/α,β-unsaturated/α-hetero) is 1. The van der Waals surface area contributed by atoms with Gasteiger partial charge in [-0.05, 0) is 55.5 Å². The van der Waals surface area contributed by atoms with Crippen LogP contribution in [0.1, 0.15) is 36.8 Å². The van der Waals surface area contributed by atoms with Gasteiger partial charge in [-0.25, -0.2) is 0 Å². The molecular formula is C25H25F3N2O4. The van der Waals surface area contributed by atoms with Gasteiger partial charge in [0.05, 0.1) is 12.0 Å². The molecule has 9 heteroatoms. The van der Waals surface area contributed by atoms with Crippen molar-refractivity contribution >= 4 is 17.9 Å². The van der Waals surface area contributed by atoms with E-state index in [1.807, 2.05) is 0 Å². The summed E-state index contributed by atoms with van der Waals surface area (Å²) in [5.41, 5.74) is 0.922. The summed E-state index contributed by atoms with van der Waals surface area (Å²) >= 11 is 0. The number of phenols is 1. The van der Waals surface area contributed by atoms with E-state index in [-0.39, 0.29) is 30.3 Å². The van der Waals surface area contributed by atoms with Crippen LogP contribution < -0.4 is 5.32 Å². The van der Waals surface area contributed by atoms with E-state index in [0.29, 0.717) is 48.1 Å². The van der Waals surface area contributed by atoms with Gasteiger partial charge < -0.3 is 20.9 Å². The Morgan fingerprint density at radius 3 is 2.68 bits per heavy atom. The minimum absolute atomic E-state index is 0.0879. The molecule has 4 N–H and O–H groups in total. The molecular weight excluding hydrogens is 449 g/mol. The van der Waals surface area contributed by atoms with Gasteiger partial charge in [-0.1, -0.05) is 30.4 Å². The zero-order valence-electron chi connectivity index (χ0n) is 18.3. The third-order valence-corrected chi connectivity index (χ3v) is 5.71. The summed E-state index contributed by atoms with van der Waals surface area (Å²) in [5, 5.41) is 28.7. The number of ketones is 1. The smallest absolute Gasteiger partial charge is 0.419 e. The van der Waals surface area contributed by atoms with E-state index in [1.54, 1.807) is 24.3 Å². The standard InChI is InChI=1S/C25H25F3N2O4/c26-25(27,28)20-12-16(5-9-22(20)32)13-23(33)30-21-3-1-2-19-18(21)8-7-17(24(19)34)6-4-15(14-31)10-11-29/h3,5-9,11-12,15,29,31-32H,1-2,4,10,13-14H2,(H,30,33)/b17-6+,29-11?. The molecule has 3 rings (SSSR count). The van der Waals surface area contributed by atoms with Crippen molar-refractivity contribution in [3.05, 3.63) is 76.0 Å². The van der Waals surface area contributed by atoms with Crippen molar-refractivity contribution in [2.75, 3.05) is 6.61 Å². The number of allylic oxidation sites excluding steroid dienone is 6. The third-order valence-electron chi connectivity index (χ3n) is 5.71. The van der Waals surface area contributed by atoms with Crippen LogP contribution in [0.5, 0.6) is 5.75 Å². The van der Waals surface area contributed by atoms with Gasteiger partial charge in [-0.2, -0.15) is 13.2 Å². The molecule has 2 aliphatic carbocycles. The maximum absolute atomic E-state index is 13.0. The van der Waals surface area contributed by atoms with Gasteiger partial charge in [0.1, 0.15) is 5.75 Å². The molecule has 180 valence electrons. The number of amides is 1. The van der Waals surface area contributed by atoms with E-state index in [0.717, 1.165) is 12.1 Å². The van der Waals surface area contributed by atoms with Gasteiger partial charge in [0.2, 0.25) is 5.91 Å². The number of hydrogen-bond donors (Lipinski definition) is 4. The van der Waals surface area contributed by atoms with Crippen LogP contribution in [0.4, 0.5) is 13.2 Å². The number of aliphatic hydroxyl groups excluding tert-OH is 1. The fraction of sp³-hybridized carbons (Fsp3) is 0.320. The Labute approximate surface area is 194 Å². The van der Waals surface area contributed by atoms with Crippen molar-refractivity contribution in [1.82, 2.24) is 5.32 Å². The Morgan fingerprint density at radius 1 is 1.24 bits per heavy atom. The highest BCUT2D eigenvalue weighted by Gasteiger charge is 2.34. The van der Waals surface area contributed by atoms with Crippen molar-refractivity contribution in [1.29, 1.82) is 5.41 Å². The lowest BCUT2D eigenvalue weighted by Crippen LogP contribution is -2.28. The van der Waals surface area contributed by atoms with Crippen LogP contribution >= 0.6 is 0 Å². The molecule has 0 radical (unpaired) electrons. The first kappa shape index (κ1) is 25.2. The molecule has 34 heavy (non-hydrogen) atoms. The number of aromatic hydroxyl groups is 1. The fourth-order valence-corrected chi connectivity index (χ4v) is 3.90. The number of phenolic OH excluding ortho intramolecular Hbond substituents is 1. The van der Waals surface area contributed by atoms with Crippen LogP contribution in [0.2, 0.25) is 0 Å². The van der Waals surface area contributed by atoms with Crippen molar-refractivity contribution in [2.24, 2.45) is 5.92 Å². The molecule has 1 unspecified atom stereocenters. The highest BCUT2D eigenvalue weighted by Crippen LogP contribution is 2.36. The van der Waals surface area contributed by atoms with Gasteiger partial charge in [-0.15, -0.1) is 0 Å². The lowest BCUT2D eigenvalue weighted by atomic mass is 9.84. The Kier molecular flexibility index (Phi) is 7.88. The summed E-state index contributed by atoms with van der Waals surface area (Å²) < 4.78 is 39.0. The average Bonchev–Trinajstić information content (AvgIpc) is 2.78. The number of carbonyl (C=O) groups is 2. The van der Waals surface area contributed by atoms with Crippen LogP contribution in [0.25, 0.3) is 0 Å². The Morgan fingerprint density at radius 2 is 2.00 bits per heavy atom. The maximum atomic E-state index is 13.0. The number of benzene rings is 1. The molecule has 0 heterocycles. The summed E-state index contributed by atoms with van der Waals surface area (Å²) in [5.74, 6) is -1.75. The second-order valence-corrected chi connectivity index (χ2v) is 8.17. The first-order valence-corrected chi connectivity index (χ1v) is 10.8. The summed E-state index contributed by atoms with van der Waals surface area (Å²) in [4.78, 5) is 25.5. The predicted molar refractivity (Wildman–Crippen MR) is 120 cm³/mol. The number of aliphatic hydroxyl groups is 1. The molecule has 0 saturated heterocycles. The molecule has 0 aliphatic heterocycles. The fourth-order valence-electron chi connectivity index (χ4n) is 3.90. The highest BCUT2D eigenvalue weighted by molar-refractivity contribution is 6.13. The van der Waals surface area contributed by atoms with Gasteiger partial charge in [0.25, 0.3) is 0 Å². The van der Waals surface area contributed by atoms with Crippen LogP contribution in [-0.2, 0) is 22.2 Å². The average molecular weight is 474 g/mol. The van der Waals surface area contributed by atoms with Crippen LogP contribution in [0.3, 0.4) is 0 Å². The van der Waals surface area contributed by atoms with E-state index in [2.05, 4.69) is 5.32 Å².